The number of ether oxygens (including phenoxy) is 1. The zero-order valence-corrected chi connectivity index (χ0v) is 18.3. The Bertz CT molecular complexity index is 924. The van der Waals surface area contributed by atoms with E-state index in [0.717, 1.165) is 79.6 Å². The number of rotatable bonds is 5. The average Bonchev–Trinajstić information content (AvgIpc) is 2.96. The van der Waals surface area contributed by atoms with Crippen molar-refractivity contribution in [2.45, 2.75) is 26.7 Å². The predicted molar refractivity (Wildman–Crippen MR) is 121 cm³/mol. The van der Waals surface area contributed by atoms with Gasteiger partial charge in [-0.15, -0.1) is 0 Å². The summed E-state index contributed by atoms with van der Waals surface area (Å²) in [5.41, 5.74) is 3.93. The highest BCUT2D eigenvalue weighted by atomic mass is 32.1. The quantitative estimate of drug-likeness (QED) is 0.599. The number of nitrogens with one attached hydrogen (secondary N) is 1. The van der Waals surface area contributed by atoms with Crippen LogP contribution in [-0.2, 0) is 4.74 Å². The third-order valence-corrected chi connectivity index (χ3v) is 5.67. The second kappa shape index (κ2) is 9.86. The molecule has 6 nitrogen and oxygen atoms in total. The Balaban J connectivity index is 1.75. The zero-order chi connectivity index (χ0) is 20.8. The summed E-state index contributed by atoms with van der Waals surface area (Å²) in [5, 5.41) is 14.9. The van der Waals surface area contributed by atoms with Gasteiger partial charge in [0.05, 0.1) is 11.1 Å². The summed E-state index contributed by atoms with van der Waals surface area (Å²) >= 11 is 5.57. The van der Waals surface area contributed by atoms with Crippen LogP contribution in [0, 0.1) is 25.2 Å². The van der Waals surface area contributed by atoms with E-state index in [1.165, 1.54) is 5.56 Å². The molecule has 1 aromatic carbocycles. The lowest BCUT2D eigenvalue weighted by Crippen LogP contribution is -2.42. The van der Waals surface area contributed by atoms with Crippen LogP contribution in [0.4, 0.5) is 5.82 Å². The molecule has 2 aromatic rings. The number of aromatic nitrogens is 1. The van der Waals surface area contributed by atoms with Crippen molar-refractivity contribution < 1.29 is 4.74 Å². The Labute approximate surface area is 178 Å². The number of anilines is 1. The normalized spacial score (nSPS) is 14.6. The van der Waals surface area contributed by atoms with Crippen LogP contribution in [-0.4, -0.2) is 61.4 Å². The molecule has 7 heteroatoms. The van der Waals surface area contributed by atoms with Gasteiger partial charge < -0.3 is 19.9 Å². The fraction of sp³-hybridized carbons (Fsp3) is 0.500. The smallest absolute Gasteiger partial charge is 0.168 e. The first-order chi connectivity index (χ1) is 14.0. The van der Waals surface area contributed by atoms with E-state index >= 15 is 0 Å². The monoisotopic (exact) mass is 411 g/mol. The van der Waals surface area contributed by atoms with Gasteiger partial charge in [0.2, 0.25) is 0 Å². The van der Waals surface area contributed by atoms with Crippen LogP contribution < -0.4 is 10.2 Å². The van der Waals surface area contributed by atoms with Crippen molar-refractivity contribution in [3.05, 3.63) is 34.9 Å². The van der Waals surface area contributed by atoms with E-state index in [1.807, 2.05) is 6.07 Å². The molecule has 0 atom stereocenters. The molecular weight excluding hydrogens is 382 g/mol. The third kappa shape index (κ3) is 5.14. The second-order valence-corrected chi connectivity index (χ2v) is 7.91. The second-order valence-electron chi connectivity index (χ2n) is 7.53. The third-order valence-electron chi connectivity index (χ3n) is 5.27. The summed E-state index contributed by atoms with van der Waals surface area (Å²) in [5.74, 6) is 0.783. The van der Waals surface area contributed by atoms with E-state index in [2.05, 4.69) is 47.2 Å². The van der Waals surface area contributed by atoms with Gasteiger partial charge in [-0.1, -0.05) is 6.07 Å². The number of thiocarbonyl (C=S) groups is 1. The highest BCUT2D eigenvalue weighted by Crippen LogP contribution is 2.27. The summed E-state index contributed by atoms with van der Waals surface area (Å²) in [7, 11) is 1.71. The molecule has 154 valence electrons. The van der Waals surface area contributed by atoms with Gasteiger partial charge in [0.25, 0.3) is 0 Å². The molecule has 1 saturated heterocycles. The number of methoxy groups -OCH3 is 1. The number of nitrogens with zero attached hydrogens (tertiary/aromatic N) is 4. The minimum atomic E-state index is 0.637. The maximum atomic E-state index is 9.74. The van der Waals surface area contributed by atoms with E-state index in [-0.39, 0.29) is 0 Å². The van der Waals surface area contributed by atoms with Crippen LogP contribution in [0.1, 0.15) is 29.5 Å². The molecule has 0 aliphatic carbocycles. The van der Waals surface area contributed by atoms with Gasteiger partial charge in [0.15, 0.2) is 5.11 Å². The van der Waals surface area contributed by atoms with E-state index < -0.39 is 0 Å². The minimum absolute atomic E-state index is 0.637. The Morgan fingerprint density at radius 1 is 1.24 bits per heavy atom. The summed E-state index contributed by atoms with van der Waals surface area (Å²) in [6.07, 6.45) is 1.90. The Hall–Kier alpha value is -2.43. The van der Waals surface area contributed by atoms with Crippen molar-refractivity contribution in [3.63, 3.8) is 0 Å². The number of hydrogen-bond donors (Lipinski definition) is 1. The van der Waals surface area contributed by atoms with Gasteiger partial charge in [0.1, 0.15) is 11.9 Å². The largest absolute Gasteiger partial charge is 0.385 e. The highest BCUT2D eigenvalue weighted by molar-refractivity contribution is 7.80. The first-order valence-electron chi connectivity index (χ1n) is 10.1. The topological polar surface area (TPSA) is 64.4 Å². The van der Waals surface area contributed by atoms with Gasteiger partial charge in [-0.05, 0) is 62.2 Å². The van der Waals surface area contributed by atoms with Crippen LogP contribution >= 0.6 is 12.2 Å². The molecule has 1 aromatic heterocycles. The number of hydrogen-bond acceptors (Lipinski definition) is 5. The standard InChI is InChI=1S/C22H29N5OS/c1-16-12-17(2)19-14-18(15-23)21(25-20(19)13-16)26-7-5-8-27(10-9-26)22(29)24-6-4-11-28-3/h12-14H,4-11H2,1-3H3,(H,24,29). The van der Waals surface area contributed by atoms with Crippen LogP contribution in [0.3, 0.4) is 0 Å². The van der Waals surface area contributed by atoms with Crippen molar-refractivity contribution in [1.29, 1.82) is 5.26 Å². The van der Waals surface area contributed by atoms with E-state index in [4.69, 9.17) is 21.9 Å². The molecule has 29 heavy (non-hydrogen) atoms. The van der Waals surface area contributed by atoms with E-state index in [9.17, 15) is 5.26 Å². The summed E-state index contributed by atoms with van der Waals surface area (Å²) in [6.45, 7) is 9.06. The minimum Gasteiger partial charge on any atom is -0.385 e. The van der Waals surface area contributed by atoms with Gasteiger partial charge in [-0.3, -0.25) is 0 Å². The summed E-state index contributed by atoms with van der Waals surface area (Å²) in [6, 6.07) is 8.56. The molecule has 0 spiro atoms. The molecule has 3 rings (SSSR count). The molecule has 0 amide bonds. The van der Waals surface area contributed by atoms with Crippen molar-refractivity contribution in [1.82, 2.24) is 15.2 Å². The number of fused-ring (bicyclic) bond motifs is 1. The van der Waals surface area contributed by atoms with Crippen molar-refractivity contribution in [2.75, 3.05) is 51.3 Å². The Morgan fingerprint density at radius 3 is 2.83 bits per heavy atom. The molecule has 1 N–H and O–H groups in total. The molecule has 1 aliphatic rings. The van der Waals surface area contributed by atoms with Crippen molar-refractivity contribution >= 4 is 34.1 Å². The lowest BCUT2D eigenvalue weighted by atomic mass is 10.0. The van der Waals surface area contributed by atoms with Crippen LogP contribution in [0.2, 0.25) is 0 Å². The van der Waals surface area contributed by atoms with Gasteiger partial charge in [0, 0.05) is 51.8 Å². The molecule has 0 saturated carbocycles. The van der Waals surface area contributed by atoms with Crippen molar-refractivity contribution in [3.8, 4) is 6.07 Å². The zero-order valence-electron chi connectivity index (χ0n) is 17.5. The first-order valence-corrected chi connectivity index (χ1v) is 10.5. The average molecular weight is 412 g/mol. The molecule has 2 heterocycles. The summed E-state index contributed by atoms with van der Waals surface area (Å²) in [4.78, 5) is 9.33. The molecular formula is C22H29N5OS. The fourth-order valence-electron chi connectivity index (χ4n) is 3.80. The van der Waals surface area contributed by atoms with Gasteiger partial charge >= 0.3 is 0 Å². The number of benzene rings is 1. The van der Waals surface area contributed by atoms with E-state index in [0.29, 0.717) is 5.56 Å². The first kappa shape index (κ1) is 21.3. The Morgan fingerprint density at radius 2 is 2.07 bits per heavy atom. The lowest BCUT2D eigenvalue weighted by Gasteiger charge is -2.25. The Kier molecular flexibility index (Phi) is 7.24. The van der Waals surface area contributed by atoms with Gasteiger partial charge in [-0.25, -0.2) is 4.98 Å². The predicted octanol–water partition coefficient (Wildman–Crippen LogP) is 3.15. The van der Waals surface area contributed by atoms with Crippen LogP contribution in [0.25, 0.3) is 10.9 Å². The molecule has 0 unspecified atom stereocenters. The molecule has 1 aliphatic heterocycles. The number of nitriles is 1. The van der Waals surface area contributed by atoms with Crippen molar-refractivity contribution in [2.24, 2.45) is 0 Å². The maximum absolute atomic E-state index is 9.74. The highest BCUT2D eigenvalue weighted by Gasteiger charge is 2.21. The SMILES string of the molecule is COCCCNC(=S)N1CCCN(c2nc3cc(C)cc(C)c3cc2C#N)CC1. The van der Waals surface area contributed by atoms with E-state index in [1.54, 1.807) is 7.11 Å². The fourth-order valence-corrected chi connectivity index (χ4v) is 4.08. The maximum Gasteiger partial charge on any atom is 0.168 e. The molecule has 1 fully saturated rings. The van der Waals surface area contributed by atoms with Crippen LogP contribution in [0.5, 0.6) is 0 Å². The molecule has 0 radical (unpaired) electrons. The van der Waals surface area contributed by atoms with Gasteiger partial charge in [-0.2, -0.15) is 5.26 Å². The lowest BCUT2D eigenvalue weighted by molar-refractivity contribution is 0.195. The van der Waals surface area contributed by atoms with Crippen LogP contribution in [0.15, 0.2) is 18.2 Å². The number of aryl methyl sites for hydroxylation is 2. The number of pyridine rings is 1. The summed E-state index contributed by atoms with van der Waals surface area (Å²) < 4.78 is 5.08. The molecule has 0 bridgehead atoms.